The van der Waals surface area contributed by atoms with Gasteiger partial charge in [0, 0.05) is 0 Å². The Morgan fingerprint density at radius 3 is 1.02 bits per heavy atom. The summed E-state index contributed by atoms with van der Waals surface area (Å²) in [5.41, 5.74) is 0.495. The van der Waals surface area contributed by atoms with Gasteiger partial charge in [-0.05, 0) is 96.7 Å². The van der Waals surface area contributed by atoms with Gasteiger partial charge in [0.1, 0.15) is 0 Å². The predicted molar refractivity (Wildman–Crippen MR) is 228 cm³/mol. The number of hydrogen-bond donors (Lipinski definition) is 0. The van der Waals surface area contributed by atoms with Gasteiger partial charge in [-0.3, -0.25) is 0 Å². The van der Waals surface area contributed by atoms with Gasteiger partial charge in [-0.2, -0.15) is 14.4 Å². The molecule has 0 radical (unpaired) electrons. The van der Waals surface area contributed by atoms with Crippen LogP contribution in [-0.2, 0) is 43.5 Å². The van der Waals surface area contributed by atoms with E-state index in [0.717, 1.165) is 15.6 Å². The molecule has 0 N–H and O–H groups in total. The number of allylic oxidation sites excluding steroid dienone is 6. The normalized spacial score (nSPS) is 12.6. The lowest BCUT2D eigenvalue weighted by atomic mass is 10.0. The number of ether oxygens (including phenoxy) is 3. The zero-order valence-electron chi connectivity index (χ0n) is 34.5. The standard InChI is InChI=1S/C42H50O15Si3/c1-7-27(4)58-34-16-10-31(11-17-34)37(43)52-55-40(46)49-24-22-30(26-51-42(48)57-54-39(45)33-14-20-36(21-15-33)60-29(6)9-3)23-25-50-41(47)56-53-38(44)32-12-18-35(19-13-32)59-28(5)8-2/h7-21,30H,22-26,58-60H2,1-6H3/b27-7+,28-8+,29-9+. The van der Waals surface area contributed by atoms with Crippen LogP contribution in [0, 0.1) is 5.92 Å². The summed E-state index contributed by atoms with van der Waals surface area (Å²) < 4.78 is 15.1. The zero-order valence-corrected chi connectivity index (χ0v) is 38.8. The smallest absolute Gasteiger partial charge is 0.432 e. The van der Waals surface area contributed by atoms with Crippen LogP contribution >= 0.6 is 0 Å². The van der Waals surface area contributed by atoms with E-state index in [4.69, 9.17) is 14.2 Å². The molecule has 0 aliphatic rings. The summed E-state index contributed by atoms with van der Waals surface area (Å²) >= 11 is 0. The van der Waals surface area contributed by atoms with Gasteiger partial charge in [-0.15, -0.1) is 0 Å². The highest BCUT2D eigenvalue weighted by Gasteiger charge is 2.20. The van der Waals surface area contributed by atoms with Gasteiger partial charge >= 0.3 is 36.4 Å². The lowest BCUT2D eigenvalue weighted by Gasteiger charge is -2.16. The predicted octanol–water partition coefficient (Wildman–Crippen LogP) is 4.31. The molecule has 0 amide bonds. The minimum absolute atomic E-state index is 0.00919. The highest BCUT2D eigenvalue weighted by Crippen LogP contribution is 2.13. The molecule has 0 unspecified atom stereocenters. The van der Waals surface area contributed by atoms with Crippen LogP contribution in [0.2, 0.25) is 0 Å². The van der Waals surface area contributed by atoms with E-state index in [1.807, 2.05) is 96.2 Å². The maximum absolute atomic E-state index is 12.4. The minimum atomic E-state index is -1.35. The molecule has 0 spiro atoms. The van der Waals surface area contributed by atoms with Gasteiger partial charge in [-0.1, -0.05) is 85.8 Å². The van der Waals surface area contributed by atoms with Gasteiger partial charge < -0.3 is 14.2 Å². The molecule has 0 aliphatic heterocycles. The molecule has 3 aromatic rings. The lowest BCUT2D eigenvalue weighted by molar-refractivity contribution is -0.206. The molecule has 0 saturated heterocycles. The summed E-state index contributed by atoms with van der Waals surface area (Å²) in [7, 11) is -1.89. The minimum Gasteiger partial charge on any atom is -0.432 e. The fourth-order valence-corrected chi connectivity index (χ4v) is 9.05. The fraction of sp³-hybridized carbons (Fsp3) is 0.286. The number of carbonyl (C=O) groups excluding carboxylic acids is 6. The average Bonchev–Trinajstić information content (AvgIpc) is 3.25. The Balaban J connectivity index is 1.48. The SMILES string of the molecule is C/C=C(\C)[SiH2]c1ccc(C(=O)OOC(=O)OCCC(CCOC(=O)OOC(=O)c2ccc([SiH2]/C(C)=C/C)cc2)COC(=O)OOC(=O)c2ccc([SiH2]/C(C)=C/C)cc2)cc1. The van der Waals surface area contributed by atoms with E-state index >= 15 is 0 Å². The van der Waals surface area contributed by atoms with Crippen LogP contribution in [0.5, 0.6) is 0 Å². The highest BCUT2D eigenvalue weighted by molar-refractivity contribution is 6.61. The topological polar surface area (TPSA) is 185 Å². The lowest BCUT2D eigenvalue weighted by Crippen LogP contribution is -2.22. The van der Waals surface area contributed by atoms with Crippen LogP contribution < -0.4 is 15.6 Å². The molecule has 0 heterocycles. The van der Waals surface area contributed by atoms with Crippen LogP contribution in [0.15, 0.2) is 107 Å². The maximum atomic E-state index is 12.4. The Morgan fingerprint density at radius 1 is 0.450 bits per heavy atom. The van der Waals surface area contributed by atoms with Crippen molar-refractivity contribution in [2.45, 2.75) is 54.4 Å². The summed E-state index contributed by atoms with van der Waals surface area (Å²) in [6.07, 6.45) is 2.18. The zero-order chi connectivity index (χ0) is 43.9. The summed E-state index contributed by atoms with van der Waals surface area (Å²) in [5.74, 6) is -3.39. The van der Waals surface area contributed by atoms with Crippen molar-refractivity contribution in [2.75, 3.05) is 19.8 Å². The second kappa shape index (κ2) is 26.0. The second-order valence-electron chi connectivity index (χ2n) is 13.6. The van der Waals surface area contributed by atoms with Crippen molar-refractivity contribution >= 4 is 80.5 Å². The third kappa shape index (κ3) is 18.1. The highest BCUT2D eigenvalue weighted by atomic mass is 28.2. The van der Waals surface area contributed by atoms with Crippen molar-refractivity contribution in [3.8, 4) is 0 Å². The van der Waals surface area contributed by atoms with Crippen molar-refractivity contribution in [3.63, 3.8) is 0 Å². The van der Waals surface area contributed by atoms with Crippen molar-refractivity contribution in [1.29, 1.82) is 0 Å². The number of benzene rings is 3. The molecule has 320 valence electrons. The fourth-order valence-electron chi connectivity index (χ4n) is 5.09. The molecular weight excluding hydrogens is 829 g/mol. The van der Waals surface area contributed by atoms with E-state index < -0.39 is 70.9 Å². The van der Waals surface area contributed by atoms with E-state index in [0.29, 0.717) is 0 Å². The Bertz CT molecular complexity index is 1910. The van der Waals surface area contributed by atoms with Gasteiger partial charge in [0.2, 0.25) is 0 Å². The Morgan fingerprint density at radius 2 is 0.733 bits per heavy atom. The first kappa shape index (κ1) is 48.1. The summed E-state index contributed by atoms with van der Waals surface area (Å²) in [5, 5.41) is 7.22. The van der Waals surface area contributed by atoms with Gasteiger partial charge in [0.05, 0.1) is 65.1 Å². The molecule has 0 fully saturated rings. The van der Waals surface area contributed by atoms with E-state index in [1.165, 1.54) is 15.6 Å². The van der Waals surface area contributed by atoms with Crippen LogP contribution in [-0.4, -0.2) is 84.8 Å². The first-order valence-corrected chi connectivity index (χ1v) is 23.3. The molecule has 3 rings (SSSR count). The van der Waals surface area contributed by atoms with Crippen molar-refractivity contribution in [3.05, 3.63) is 123 Å². The molecule has 0 aromatic heterocycles. The molecular formula is C42H50O15Si3. The Hall–Kier alpha value is -6.25. The van der Waals surface area contributed by atoms with Gasteiger partial charge in [-0.25, -0.2) is 43.7 Å². The van der Waals surface area contributed by atoms with Crippen molar-refractivity contribution in [1.82, 2.24) is 0 Å². The third-order valence-corrected chi connectivity index (χ3v) is 14.5. The molecule has 3 aromatic carbocycles. The van der Waals surface area contributed by atoms with Crippen molar-refractivity contribution in [2.24, 2.45) is 5.92 Å². The third-order valence-electron chi connectivity index (χ3n) is 8.98. The van der Waals surface area contributed by atoms with E-state index in [1.54, 1.807) is 36.4 Å². The molecule has 0 bridgehead atoms. The first-order valence-electron chi connectivity index (χ1n) is 19.1. The van der Waals surface area contributed by atoms with Gasteiger partial charge in [0.15, 0.2) is 0 Å². The maximum Gasteiger partial charge on any atom is 0.549 e. The second-order valence-corrected chi connectivity index (χ2v) is 20.4. The molecule has 15 nitrogen and oxygen atoms in total. The van der Waals surface area contributed by atoms with Crippen LogP contribution in [0.4, 0.5) is 14.4 Å². The van der Waals surface area contributed by atoms with Gasteiger partial charge in [0.25, 0.3) is 0 Å². The molecule has 60 heavy (non-hydrogen) atoms. The Kier molecular flexibility index (Phi) is 20.8. The first-order chi connectivity index (χ1) is 28.8. The van der Waals surface area contributed by atoms with Crippen LogP contribution in [0.25, 0.3) is 0 Å². The number of hydrogen-bond acceptors (Lipinski definition) is 15. The number of carbonyl (C=O) groups is 6. The van der Waals surface area contributed by atoms with Crippen LogP contribution in [0.1, 0.15) is 85.5 Å². The quantitative estimate of drug-likeness (QED) is 0.0614. The van der Waals surface area contributed by atoms with Crippen LogP contribution in [0.3, 0.4) is 0 Å². The summed E-state index contributed by atoms with van der Waals surface area (Å²) in [4.78, 5) is 101. The summed E-state index contributed by atoms with van der Waals surface area (Å²) in [6, 6.07) is 20.3. The monoisotopic (exact) mass is 878 g/mol. The Labute approximate surface area is 355 Å². The van der Waals surface area contributed by atoms with E-state index in [9.17, 15) is 28.8 Å². The largest absolute Gasteiger partial charge is 0.549 e. The molecule has 0 atom stereocenters. The number of rotatable bonds is 17. The molecule has 18 heteroatoms. The molecule has 0 aliphatic carbocycles. The average molecular weight is 879 g/mol. The van der Waals surface area contributed by atoms with E-state index in [2.05, 4.69) is 29.3 Å². The van der Waals surface area contributed by atoms with Crippen molar-refractivity contribution < 1.29 is 72.3 Å². The molecule has 0 saturated carbocycles. The summed E-state index contributed by atoms with van der Waals surface area (Å²) in [6.45, 7) is 11.0. The van der Waals surface area contributed by atoms with E-state index in [-0.39, 0.29) is 49.4 Å².